The third-order valence-electron chi connectivity index (χ3n) is 5.14. The Morgan fingerprint density at radius 3 is 2.68 bits per heavy atom. The lowest BCUT2D eigenvalue weighted by molar-refractivity contribution is 0.0956. The molecule has 3 unspecified atom stereocenters. The zero-order valence-electron chi connectivity index (χ0n) is 11.4. The topological polar surface area (TPSA) is 26.3 Å². The highest BCUT2D eigenvalue weighted by Crippen LogP contribution is 2.56. The molecule has 3 aliphatic rings. The molecule has 0 spiro atoms. The molecule has 19 heavy (non-hydrogen) atoms. The lowest BCUT2D eigenvalue weighted by atomic mass is 10.0. The summed E-state index contributed by atoms with van der Waals surface area (Å²) < 4.78 is 5.70. The first kappa shape index (κ1) is 11.5. The van der Waals surface area contributed by atoms with Crippen LogP contribution in [0.2, 0.25) is 0 Å². The van der Waals surface area contributed by atoms with Gasteiger partial charge in [0.2, 0.25) is 0 Å². The van der Waals surface area contributed by atoms with Crippen LogP contribution in [0.25, 0.3) is 0 Å². The number of rotatable bonds is 2. The number of Topliss-reactive ketones (excluding diaryl/α,β-unsaturated/α-hetero) is 1. The Morgan fingerprint density at radius 1 is 1.21 bits per heavy atom. The first-order valence-electron chi connectivity index (χ1n) is 7.58. The molecule has 4 rings (SSSR count). The Kier molecular flexibility index (Phi) is 2.48. The van der Waals surface area contributed by atoms with Crippen molar-refractivity contribution < 1.29 is 9.53 Å². The second kappa shape index (κ2) is 4.09. The second-order valence-electron chi connectivity index (χ2n) is 6.46. The van der Waals surface area contributed by atoms with Gasteiger partial charge in [0.1, 0.15) is 11.9 Å². The SMILES string of the molecule is CC1Cc2cc(C(=O)C3C4CCCCC43)ccc2O1. The van der Waals surface area contributed by atoms with E-state index in [4.69, 9.17) is 4.74 Å². The third kappa shape index (κ3) is 1.80. The molecule has 2 aliphatic carbocycles. The summed E-state index contributed by atoms with van der Waals surface area (Å²) in [6, 6.07) is 6.02. The summed E-state index contributed by atoms with van der Waals surface area (Å²) in [4.78, 5) is 12.6. The van der Waals surface area contributed by atoms with Crippen molar-refractivity contribution >= 4 is 5.78 Å². The van der Waals surface area contributed by atoms with Crippen LogP contribution in [0.3, 0.4) is 0 Å². The summed E-state index contributed by atoms with van der Waals surface area (Å²) in [7, 11) is 0. The molecule has 0 aromatic heterocycles. The molecule has 0 amide bonds. The first-order chi connectivity index (χ1) is 9.24. The molecule has 1 aromatic carbocycles. The molecule has 2 saturated carbocycles. The number of hydrogen-bond donors (Lipinski definition) is 0. The van der Waals surface area contributed by atoms with Crippen LogP contribution in [0.4, 0.5) is 0 Å². The van der Waals surface area contributed by atoms with Gasteiger partial charge in [-0.2, -0.15) is 0 Å². The predicted octanol–water partition coefficient (Wildman–Crippen LogP) is 3.63. The molecular weight excluding hydrogens is 236 g/mol. The number of fused-ring (bicyclic) bond motifs is 2. The van der Waals surface area contributed by atoms with Crippen molar-refractivity contribution in [2.24, 2.45) is 17.8 Å². The number of benzene rings is 1. The van der Waals surface area contributed by atoms with Crippen LogP contribution < -0.4 is 4.74 Å². The van der Waals surface area contributed by atoms with Gasteiger partial charge in [-0.25, -0.2) is 0 Å². The maximum Gasteiger partial charge on any atom is 0.166 e. The minimum Gasteiger partial charge on any atom is -0.490 e. The normalized spacial score (nSPS) is 35.2. The van der Waals surface area contributed by atoms with Crippen LogP contribution in [0.1, 0.15) is 48.5 Å². The monoisotopic (exact) mass is 256 g/mol. The summed E-state index contributed by atoms with van der Waals surface area (Å²) >= 11 is 0. The standard InChI is InChI=1S/C17H20O2/c1-10-8-12-9-11(6-7-15(12)19-10)17(18)16-13-4-2-3-5-14(13)16/h6-7,9-10,13-14,16H,2-5,8H2,1H3. The molecule has 1 aliphatic heterocycles. The maximum atomic E-state index is 12.6. The number of ether oxygens (including phenoxy) is 1. The largest absolute Gasteiger partial charge is 0.490 e. The third-order valence-corrected chi connectivity index (χ3v) is 5.14. The highest BCUT2D eigenvalue weighted by atomic mass is 16.5. The Morgan fingerprint density at radius 2 is 1.95 bits per heavy atom. The van der Waals surface area contributed by atoms with Gasteiger partial charge in [0.25, 0.3) is 0 Å². The van der Waals surface area contributed by atoms with Crippen molar-refractivity contribution in [3.8, 4) is 5.75 Å². The second-order valence-corrected chi connectivity index (χ2v) is 6.46. The van der Waals surface area contributed by atoms with Gasteiger partial charge in [0, 0.05) is 17.9 Å². The van der Waals surface area contributed by atoms with E-state index in [0.29, 0.717) is 23.5 Å². The zero-order valence-corrected chi connectivity index (χ0v) is 11.4. The summed E-state index contributed by atoms with van der Waals surface area (Å²) in [6.07, 6.45) is 6.37. The number of hydrogen-bond acceptors (Lipinski definition) is 2. The summed E-state index contributed by atoms with van der Waals surface area (Å²) in [5, 5.41) is 0. The molecule has 2 heteroatoms. The van der Waals surface area contributed by atoms with Crippen molar-refractivity contribution in [2.75, 3.05) is 0 Å². The molecule has 2 nitrogen and oxygen atoms in total. The highest BCUT2D eigenvalue weighted by Gasteiger charge is 2.54. The van der Waals surface area contributed by atoms with Crippen LogP contribution >= 0.6 is 0 Å². The molecule has 100 valence electrons. The molecule has 1 aromatic rings. The highest BCUT2D eigenvalue weighted by molar-refractivity contribution is 6.00. The van der Waals surface area contributed by atoms with E-state index in [1.54, 1.807) is 0 Å². The van der Waals surface area contributed by atoms with Gasteiger partial charge in [0.05, 0.1) is 0 Å². The van der Waals surface area contributed by atoms with E-state index in [1.807, 2.05) is 12.1 Å². The lowest BCUT2D eigenvalue weighted by Crippen LogP contribution is -2.05. The molecule has 0 N–H and O–H groups in total. The Bertz CT molecular complexity index is 522. The Balaban J connectivity index is 1.57. The van der Waals surface area contributed by atoms with E-state index in [1.165, 1.54) is 31.2 Å². The summed E-state index contributed by atoms with van der Waals surface area (Å²) in [5.41, 5.74) is 2.12. The van der Waals surface area contributed by atoms with Gasteiger partial charge in [0.15, 0.2) is 5.78 Å². The van der Waals surface area contributed by atoms with Crippen molar-refractivity contribution in [2.45, 2.75) is 45.1 Å². The fraction of sp³-hybridized carbons (Fsp3) is 0.588. The molecule has 0 radical (unpaired) electrons. The van der Waals surface area contributed by atoms with Gasteiger partial charge >= 0.3 is 0 Å². The Hall–Kier alpha value is -1.31. The lowest BCUT2D eigenvalue weighted by Gasteiger charge is -2.04. The molecular formula is C17H20O2. The number of ketones is 1. The van der Waals surface area contributed by atoms with E-state index >= 15 is 0 Å². The molecule has 3 atom stereocenters. The molecule has 1 heterocycles. The van der Waals surface area contributed by atoms with Gasteiger partial charge in [-0.15, -0.1) is 0 Å². The van der Waals surface area contributed by atoms with Crippen LogP contribution in [0.15, 0.2) is 18.2 Å². The number of carbonyl (C=O) groups is 1. The van der Waals surface area contributed by atoms with Gasteiger partial charge in [-0.1, -0.05) is 12.8 Å². The zero-order chi connectivity index (χ0) is 13.0. The van der Waals surface area contributed by atoms with Crippen LogP contribution in [-0.4, -0.2) is 11.9 Å². The molecule has 0 bridgehead atoms. The van der Waals surface area contributed by atoms with E-state index < -0.39 is 0 Å². The minimum absolute atomic E-state index is 0.254. The van der Waals surface area contributed by atoms with Gasteiger partial charge in [-0.3, -0.25) is 4.79 Å². The predicted molar refractivity (Wildman–Crippen MR) is 73.5 cm³/mol. The van der Waals surface area contributed by atoms with Crippen molar-refractivity contribution in [1.29, 1.82) is 0 Å². The number of carbonyl (C=O) groups excluding carboxylic acids is 1. The van der Waals surface area contributed by atoms with E-state index in [9.17, 15) is 4.79 Å². The smallest absolute Gasteiger partial charge is 0.166 e. The first-order valence-corrected chi connectivity index (χ1v) is 7.58. The van der Waals surface area contributed by atoms with Crippen molar-refractivity contribution in [3.05, 3.63) is 29.3 Å². The fourth-order valence-corrected chi connectivity index (χ4v) is 4.15. The fourth-order valence-electron chi connectivity index (χ4n) is 4.15. The van der Waals surface area contributed by atoms with Crippen LogP contribution in [-0.2, 0) is 6.42 Å². The summed E-state index contributed by atoms with van der Waals surface area (Å²) in [5.74, 6) is 3.09. The molecule has 2 fully saturated rings. The average molecular weight is 256 g/mol. The van der Waals surface area contributed by atoms with Crippen molar-refractivity contribution in [1.82, 2.24) is 0 Å². The Labute approximate surface area is 114 Å². The summed E-state index contributed by atoms with van der Waals surface area (Å²) in [6.45, 7) is 2.08. The van der Waals surface area contributed by atoms with E-state index in [2.05, 4.69) is 13.0 Å². The minimum atomic E-state index is 0.254. The average Bonchev–Trinajstić information content (AvgIpc) is 3.02. The quantitative estimate of drug-likeness (QED) is 0.755. The molecule has 0 saturated heterocycles. The van der Waals surface area contributed by atoms with Gasteiger partial charge < -0.3 is 4.74 Å². The maximum absolute atomic E-state index is 12.6. The van der Waals surface area contributed by atoms with E-state index in [-0.39, 0.29) is 6.10 Å². The van der Waals surface area contributed by atoms with Crippen LogP contribution in [0, 0.1) is 17.8 Å². The van der Waals surface area contributed by atoms with E-state index in [0.717, 1.165) is 17.7 Å². The van der Waals surface area contributed by atoms with Gasteiger partial charge in [-0.05, 0) is 55.4 Å². The van der Waals surface area contributed by atoms with Crippen molar-refractivity contribution in [3.63, 3.8) is 0 Å². The van der Waals surface area contributed by atoms with Crippen LogP contribution in [0.5, 0.6) is 5.75 Å².